The standard InChI is InChI=1S/C16H26N2/c1-12(2)10-11-18(14-8-9-14)16-7-5-4-6-15(16)13(3)17/h4-7,12-14H,8-11,17H2,1-3H3/t13-/m0/s1. The first-order valence-electron chi connectivity index (χ1n) is 7.20. The van der Waals surface area contributed by atoms with Gasteiger partial charge in [-0.3, -0.25) is 0 Å². The molecule has 2 nitrogen and oxygen atoms in total. The van der Waals surface area contributed by atoms with Crippen molar-refractivity contribution in [3.8, 4) is 0 Å². The van der Waals surface area contributed by atoms with Crippen molar-refractivity contribution < 1.29 is 0 Å². The van der Waals surface area contributed by atoms with Gasteiger partial charge in [-0.15, -0.1) is 0 Å². The van der Waals surface area contributed by atoms with Crippen molar-refractivity contribution in [3.63, 3.8) is 0 Å². The van der Waals surface area contributed by atoms with E-state index in [1.54, 1.807) is 0 Å². The second-order valence-electron chi connectivity index (χ2n) is 5.95. The van der Waals surface area contributed by atoms with Crippen LogP contribution >= 0.6 is 0 Å². The van der Waals surface area contributed by atoms with E-state index >= 15 is 0 Å². The van der Waals surface area contributed by atoms with Gasteiger partial charge in [-0.05, 0) is 43.7 Å². The maximum atomic E-state index is 6.10. The van der Waals surface area contributed by atoms with Gasteiger partial charge in [0.05, 0.1) is 0 Å². The molecule has 0 heterocycles. The summed E-state index contributed by atoms with van der Waals surface area (Å²) in [5, 5.41) is 0. The molecule has 0 spiro atoms. The Morgan fingerprint density at radius 1 is 1.22 bits per heavy atom. The molecule has 0 aliphatic heterocycles. The van der Waals surface area contributed by atoms with Gasteiger partial charge in [-0.1, -0.05) is 32.0 Å². The number of nitrogens with two attached hydrogens (primary N) is 1. The number of rotatable bonds is 6. The highest BCUT2D eigenvalue weighted by Gasteiger charge is 2.30. The summed E-state index contributed by atoms with van der Waals surface area (Å²) < 4.78 is 0. The minimum absolute atomic E-state index is 0.113. The zero-order valence-corrected chi connectivity index (χ0v) is 11.9. The number of anilines is 1. The van der Waals surface area contributed by atoms with Crippen LogP contribution < -0.4 is 10.6 Å². The molecular formula is C16H26N2. The highest BCUT2D eigenvalue weighted by Crippen LogP contribution is 2.35. The highest BCUT2D eigenvalue weighted by atomic mass is 15.2. The average Bonchev–Trinajstić information content (AvgIpc) is 3.14. The molecule has 0 bridgehead atoms. The Hall–Kier alpha value is -1.02. The summed E-state index contributed by atoms with van der Waals surface area (Å²) >= 11 is 0. The van der Waals surface area contributed by atoms with Gasteiger partial charge >= 0.3 is 0 Å². The Bertz CT molecular complexity index is 380. The van der Waals surface area contributed by atoms with Crippen LogP contribution in [0.1, 0.15) is 51.6 Å². The Morgan fingerprint density at radius 3 is 2.44 bits per heavy atom. The number of benzene rings is 1. The molecule has 1 aromatic rings. The summed E-state index contributed by atoms with van der Waals surface area (Å²) in [4.78, 5) is 2.58. The maximum Gasteiger partial charge on any atom is 0.0417 e. The predicted molar refractivity (Wildman–Crippen MR) is 78.9 cm³/mol. The van der Waals surface area contributed by atoms with E-state index in [0.29, 0.717) is 0 Å². The van der Waals surface area contributed by atoms with Gasteiger partial charge in [-0.25, -0.2) is 0 Å². The van der Waals surface area contributed by atoms with Crippen LogP contribution in [0.5, 0.6) is 0 Å². The fourth-order valence-corrected chi connectivity index (χ4v) is 2.42. The first-order chi connectivity index (χ1) is 8.59. The SMILES string of the molecule is CC(C)CCN(c1ccccc1[C@H](C)N)C1CC1. The molecule has 0 saturated heterocycles. The van der Waals surface area contributed by atoms with Gasteiger partial charge in [-0.2, -0.15) is 0 Å². The zero-order chi connectivity index (χ0) is 13.1. The number of hydrogen-bond donors (Lipinski definition) is 1. The molecule has 1 fully saturated rings. The van der Waals surface area contributed by atoms with Gasteiger partial charge in [0, 0.05) is 24.3 Å². The molecule has 2 rings (SSSR count). The van der Waals surface area contributed by atoms with E-state index < -0.39 is 0 Å². The van der Waals surface area contributed by atoms with E-state index in [2.05, 4.69) is 49.9 Å². The number of nitrogens with zero attached hydrogens (tertiary/aromatic N) is 1. The van der Waals surface area contributed by atoms with Crippen LogP contribution in [0.25, 0.3) is 0 Å². The lowest BCUT2D eigenvalue weighted by Crippen LogP contribution is -2.29. The van der Waals surface area contributed by atoms with E-state index in [4.69, 9.17) is 5.73 Å². The van der Waals surface area contributed by atoms with Gasteiger partial charge < -0.3 is 10.6 Å². The molecule has 100 valence electrons. The van der Waals surface area contributed by atoms with Crippen LogP contribution in [-0.2, 0) is 0 Å². The summed E-state index contributed by atoms with van der Waals surface area (Å²) in [7, 11) is 0. The van der Waals surface area contributed by atoms with Gasteiger partial charge in [0.15, 0.2) is 0 Å². The Labute approximate surface area is 111 Å². The molecule has 18 heavy (non-hydrogen) atoms. The molecule has 1 aliphatic rings. The van der Waals surface area contributed by atoms with Crippen molar-refractivity contribution in [2.45, 2.75) is 52.1 Å². The molecule has 1 saturated carbocycles. The summed E-state index contributed by atoms with van der Waals surface area (Å²) in [5.74, 6) is 0.758. The van der Waals surface area contributed by atoms with Gasteiger partial charge in [0.1, 0.15) is 0 Å². The maximum absolute atomic E-state index is 6.10. The van der Waals surface area contributed by atoms with Crippen LogP contribution in [-0.4, -0.2) is 12.6 Å². The average molecular weight is 246 g/mol. The Kier molecular flexibility index (Phi) is 4.28. The van der Waals surface area contributed by atoms with E-state index in [9.17, 15) is 0 Å². The lowest BCUT2D eigenvalue weighted by molar-refractivity contribution is 0.569. The quantitative estimate of drug-likeness (QED) is 0.829. The van der Waals surface area contributed by atoms with Gasteiger partial charge in [0.25, 0.3) is 0 Å². The second kappa shape index (κ2) is 5.75. The Balaban J connectivity index is 2.19. The van der Waals surface area contributed by atoms with Crippen LogP contribution in [0, 0.1) is 5.92 Å². The zero-order valence-electron chi connectivity index (χ0n) is 11.9. The number of para-hydroxylation sites is 1. The lowest BCUT2D eigenvalue weighted by atomic mass is 10.0. The van der Waals surface area contributed by atoms with Crippen molar-refractivity contribution >= 4 is 5.69 Å². The third kappa shape index (κ3) is 3.26. The fourth-order valence-electron chi connectivity index (χ4n) is 2.42. The van der Waals surface area contributed by atoms with Crippen molar-refractivity contribution in [3.05, 3.63) is 29.8 Å². The summed E-state index contributed by atoms with van der Waals surface area (Å²) in [5.41, 5.74) is 8.74. The minimum atomic E-state index is 0.113. The molecule has 0 amide bonds. The summed E-state index contributed by atoms with van der Waals surface area (Å²) in [6.07, 6.45) is 3.93. The lowest BCUT2D eigenvalue weighted by Gasteiger charge is -2.29. The molecule has 0 unspecified atom stereocenters. The third-order valence-corrected chi connectivity index (χ3v) is 3.67. The summed E-state index contributed by atoms with van der Waals surface area (Å²) in [6, 6.07) is 9.49. The van der Waals surface area contributed by atoms with E-state index in [0.717, 1.165) is 18.5 Å². The smallest absolute Gasteiger partial charge is 0.0417 e. The minimum Gasteiger partial charge on any atom is -0.368 e. The van der Waals surface area contributed by atoms with E-state index in [-0.39, 0.29) is 6.04 Å². The third-order valence-electron chi connectivity index (χ3n) is 3.67. The van der Waals surface area contributed by atoms with Crippen molar-refractivity contribution in [1.82, 2.24) is 0 Å². The molecule has 1 aromatic carbocycles. The molecule has 0 radical (unpaired) electrons. The first kappa shape index (κ1) is 13.4. The van der Waals surface area contributed by atoms with Crippen molar-refractivity contribution in [2.24, 2.45) is 11.7 Å². The highest BCUT2D eigenvalue weighted by molar-refractivity contribution is 5.56. The van der Waals surface area contributed by atoms with Crippen molar-refractivity contribution in [2.75, 3.05) is 11.4 Å². The molecule has 1 atom stereocenters. The molecule has 1 aliphatic carbocycles. The second-order valence-corrected chi connectivity index (χ2v) is 5.95. The largest absolute Gasteiger partial charge is 0.368 e. The summed E-state index contributed by atoms with van der Waals surface area (Å²) in [6.45, 7) is 7.82. The van der Waals surface area contributed by atoms with E-state index in [1.165, 1.54) is 30.5 Å². The number of hydrogen-bond acceptors (Lipinski definition) is 2. The molecular weight excluding hydrogens is 220 g/mol. The first-order valence-corrected chi connectivity index (χ1v) is 7.20. The molecule has 0 aromatic heterocycles. The topological polar surface area (TPSA) is 29.3 Å². The monoisotopic (exact) mass is 246 g/mol. The van der Waals surface area contributed by atoms with Crippen LogP contribution in [0.3, 0.4) is 0 Å². The van der Waals surface area contributed by atoms with Crippen LogP contribution in [0.15, 0.2) is 24.3 Å². The van der Waals surface area contributed by atoms with Crippen LogP contribution in [0.4, 0.5) is 5.69 Å². The van der Waals surface area contributed by atoms with Crippen LogP contribution in [0.2, 0.25) is 0 Å². The van der Waals surface area contributed by atoms with Gasteiger partial charge in [0.2, 0.25) is 0 Å². The normalized spacial score (nSPS) is 16.9. The van der Waals surface area contributed by atoms with E-state index in [1.807, 2.05) is 0 Å². The Morgan fingerprint density at radius 2 is 1.89 bits per heavy atom. The molecule has 2 N–H and O–H groups in total. The molecule has 2 heteroatoms. The van der Waals surface area contributed by atoms with Crippen molar-refractivity contribution in [1.29, 1.82) is 0 Å². The predicted octanol–water partition coefficient (Wildman–Crippen LogP) is 3.72. The fraction of sp³-hybridized carbons (Fsp3) is 0.625.